The molecule has 0 saturated carbocycles. The standard InChI is InChI=1S/C19H16N4O4/c1-27-17(24)11-10-15-12-6-2-3-7-13(12)19-18(20-21-22(15)19)14-8-4-5-9-16(14)23(25)26/h2-9,15H,10-11H2,1H3. The first-order valence-corrected chi connectivity index (χ1v) is 8.47. The molecule has 8 nitrogen and oxygen atoms in total. The van der Waals surface area contributed by atoms with Gasteiger partial charge in [0.15, 0.2) is 0 Å². The molecule has 2 aromatic carbocycles. The van der Waals surface area contributed by atoms with Gasteiger partial charge in [-0.2, -0.15) is 0 Å². The highest BCUT2D eigenvalue weighted by atomic mass is 16.6. The van der Waals surface area contributed by atoms with Crippen molar-refractivity contribution in [3.63, 3.8) is 0 Å². The summed E-state index contributed by atoms with van der Waals surface area (Å²) in [4.78, 5) is 22.6. The van der Waals surface area contributed by atoms with E-state index in [1.54, 1.807) is 22.9 Å². The maximum absolute atomic E-state index is 11.6. The third-order valence-electron chi connectivity index (χ3n) is 4.77. The number of nitro groups is 1. The lowest BCUT2D eigenvalue weighted by Gasteiger charge is -2.12. The van der Waals surface area contributed by atoms with Crippen molar-refractivity contribution in [2.45, 2.75) is 18.9 Å². The number of rotatable bonds is 5. The zero-order chi connectivity index (χ0) is 19.0. The first kappa shape index (κ1) is 16.9. The maximum atomic E-state index is 11.6. The lowest BCUT2D eigenvalue weighted by atomic mass is 9.98. The van der Waals surface area contributed by atoms with Crippen LogP contribution in [0.1, 0.15) is 24.4 Å². The van der Waals surface area contributed by atoms with E-state index in [1.807, 2.05) is 24.3 Å². The third kappa shape index (κ3) is 2.75. The molecule has 1 unspecified atom stereocenters. The van der Waals surface area contributed by atoms with Crippen LogP contribution in [-0.4, -0.2) is 33.0 Å². The van der Waals surface area contributed by atoms with Gasteiger partial charge in [-0.15, -0.1) is 5.10 Å². The zero-order valence-corrected chi connectivity index (χ0v) is 14.5. The Morgan fingerprint density at radius 3 is 2.63 bits per heavy atom. The van der Waals surface area contributed by atoms with Gasteiger partial charge in [0.1, 0.15) is 5.69 Å². The summed E-state index contributed by atoms with van der Waals surface area (Å²) in [7, 11) is 1.36. The molecule has 1 atom stereocenters. The van der Waals surface area contributed by atoms with Crippen LogP contribution >= 0.6 is 0 Å². The fourth-order valence-corrected chi connectivity index (χ4v) is 3.55. The van der Waals surface area contributed by atoms with Crippen LogP contribution in [0.3, 0.4) is 0 Å². The Hall–Kier alpha value is -3.55. The van der Waals surface area contributed by atoms with Crippen molar-refractivity contribution in [3.8, 4) is 22.5 Å². The predicted molar refractivity (Wildman–Crippen MR) is 96.9 cm³/mol. The number of hydrogen-bond donors (Lipinski definition) is 0. The topological polar surface area (TPSA) is 100 Å². The molecule has 0 aliphatic carbocycles. The molecule has 0 radical (unpaired) electrons. The van der Waals surface area contributed by atoms with E-state index in [9.17, 15) is 14.9 Å². The number of methoxy groups -OCH3 is 1. The van der Waals surface area contributed by atoms with Crippen LogP contribution in [0.15, 0.2) is 48.5 Å². The van der Waals surface area contributed by atoms with Gasteiger partial charge in [-0.05, 0) is 18.1 Å². The Balaban J connectivity index is 1.84. The smallest absolute Gasteiger partial charge is 0.305 e. The Kier molecular flexibility index (Phi) is 4.15. The minimum atomic E-state index is -0.420. The van der Waals surface area contributed by atoms with Gasteiger partial charge in [0.05, 0.1) is 29.3 Å². The summed E-state index contributed by atoms with van der Waals surface area (Å²) in [5.74, 6) is -0.292. The van der Waals surface area contributed by atoms with Gasteiger partial charge in [0.2, 0.25) is 0 Å². The van der Waals surface area contributed by atoms with Crippen LogP contribution in [0.25, 0.3) is 22.5 Å². The molecule has 0 saturated heterocycles. The Labute approximate surface area is 154 Å². The summed E-state index contributed by atoms with van der Waals surface area (Å²) in [6.45, 7) is 0. The number of nitrogens with zero attached hydrogens (tertiary/aromatic N) is 4. The SMILES string of the molecule is COC(=O)CCC1c2ccccc2-c2c(-c3ccccc3[N+](=O)[O-])nnn21. The highest BCUT2D eigenvalue weighted by Crippen LogP contribution is 2.46. The summed E-state index contributed by atoms with van der Waals surface area (Å²) in [6.07, 6.45) is 0.756. The normalized spacial score (nSPS) is 14.5. The fourth-order valence-electron chi connectivity index (χ4n) is 3.55. The zero-order valence-electron chi connectivity index (χ0n) is 14.5. The van der Waals surface area contributed by atoms with E-state index >= 15 is 0 Å². The van der Waals surface area contributed by atoms with Crippen molar-refractivity contribution in [1.82, 2.24) is 15.0 Å². The Bertz CT molecular complexity index is 1040. The second-order valence-corrected chi connectivity index (χ2v) is 6.22. The van der Waals surface area contributed by atoms with E-state index in [4.69, 9.17) is 4.74 Å². The number of aromatic nitrogens is 3. The molecule has 3 aromatic rings. The molecule has 8 heteroatoms. The molecule has 1 aliphatic heterocycles. The van der Waals surface area contributed by atoms with Crippen molar-refractivity contribution in [1.29, 1.82) is 0 Å². The number of carbonyl (C=O) groups is 1. The summed E-state index contributed by atoms with van der Waals surface area (Å²) in [5.41, 5.74) is 3.55. The molecule has 2 heterocycles. The van der Waals surface area contributed by atoms with Gasteiger partial charge in [0, 0.05) is 18.1 Å². The molecule has 0 bridgehead atoms. The number of esters is 1. The predicted octanol–water partition coefficient (Wildman–Crippen LogP) is 3.38. The van der Waals surface area contributed by atoms with E-state index < -0.39 is 4.92 Å². The fraction of sp³-hybridized carbons (Fsp3) is 0.211. The molecule has 1 aliphatic rings. The van der Waals surface area contributed by atoms with Crippen LogP contribution in [0, 0.1) is 10.1 Å². The molecule has 27 heavy (non-hydrogen) atoms. The maximum Gasteiger partial charge on any atom is 0.305 e. The van der Waals surface area contributed by atoms with E-state index in [2.05, 4.69) is 10.3 Å². The molecule has 1 aromatic heterocycles. The average Bonchev–Trinajstić information content (AvgIpc) is 3.24. The van der Waals surface area contributed by atoms with Gasteiger partial charge < -0.3 is 4.74 Å². The van der Waals surface area contributed by atoms with Gasteiger partial charge in [-0.1, -0.05) is 41.6 Å². The molecule has 136 valence electrons. The molecule has 4 rings (SSSR count). The number of benzene rings is 2. The van der Waals surface area contributed by atoms with Crippen molar-refractivity contribution in [2.24, 2.45) is 0 Å². The largest absolute Gasteiger partial charge is 0.469 e. The number of ether oxygens (including phenoxy) is 1. The number of hydrogen-bond acceptors (Lipinski definition) is 6. The monoisotopic (exact) mass is 364 g/mol. The number of nitro benzene ring substituents is 1. The van der Waals surface area contributed by atoms with Crippen molar-refractivity contribution >= 4 is 11.7 Å². The van der Waals surface area contributed by atoms with Gasteiger partial charge >= 0.3 is 5.97 Å². The van der Waals surface area contributed by atoms with Crippen LogP contribution in [0.5, 0.6) is 0 Å². The number of para-hydroxylation sites is 1. The highest BCUT2D eigenvalue weighted by molar-refractivity contribution is 5.86. The molecule has 0 fully saturated rings. The molecule has 0 spiro atoms. The quantitative estimate of drug-likeness (QED) is 0.391. The molecule has 0 amide bonds. The highest BCUT2D eigenvalue weighted by Gasteiger charge is 2.34. The number of carbonyl (C=O) groups excluding carboxylic acids is 1. The lowest BCUT2D eigenvalue weighted by molar-refractivity contribution is -0.384. The summed E-state index contributed by atoms with van der Waals surface area (Å²) < 4.78 is 6.49. The summed E-state index contributed by atoms with van der Waals surface area (Å²) in [6, 6.07) is 14.1. The van der Waals surface area contributed by atoms with Crippen LogP contribution in [0.4, 0.5) is 5.69 Å². The van der Waals surface area contributed by atoms with Crippen molar-refractivity contribution in [2.75, 3.05) is 7.11 Å². The van der Waals surface area contributed by atoms with E-state index in [-0.39, 0.29) is 24.1 Å². The Morgan fingerprint density at radius 2 is 1.89 bits per heavy atom. The van der Waals surface area contributed by atoms with Gasteiger partial charge in [-0.25, -0.2) is 4.68 Å². The van der Waals surface area contributed by atoms with E-state index in [0.29, 0.717) is 17.7 Å². The molecular weight excluding hydrogens is 348 g/mol. The molecule has 0 N–H and O–H groups in total. The van der Waals surface area contributed by atoms with E-state index in [0.717, 1.165) is 16.8 Å². The summed E-state index contributed by atoms with van der Waals surface area (Å²) in [5, 5.41) is 19.9. The van der Waals surface area contributed by atoms with Crippen molar-refractivity contribution in [3.05, 3.63) is 64.2 Å². The Morgan fingerprint density at radius 1 is 1.19 bits per heavy atom. The second kappa shape index (κ2) is 6.64. The van der Waals surface area contributed by atoms with Crippen molar-refractivity contribution < 1.29 is 14.5 Å². The van der Waals surface area contributed by atoms with Crippen LogP contribution in [-0.2, 0) is 9.53 Å². The van der Waals surface area contributed by atoms with Gasteiger partial charge in [-0.3, -0.25) is 14.9 Å². The minimum absolute atomic E-state index is 0.0173. The third-order valence-corrected chi connectivity index (χ3v) is 4.77. The van der Waals surface area contributed by atoms with Gasteiger partial charge in [0.25, 0.3) is 5.69 Å². The summed E-state index contributed by atoms with van der Waals surface area (Å²) >= 11 is 0. The second-order valence-electron chi connectivity index (χ2n) is 6.22. The number of fused-ring (bicyclic) bond motifs is 3. The average molecular weight is 364 g/mol. The van der Waals surface area contributed by atoms with Crippen LogP contribution in [0.2, 0.25) is 0 Å². The minimum Gasteiger partial charge on any atom is -0.469 e. The molecular formula is C19H16N4O4. The lowest BCUT2D eigenvalue weighted by Crippen LogP contribution is -2.11. The first-order chi connectivity index (χ1) is 13.1. The van der Waals surface area contributed by atoms with Crippen LogP contribution < -0.4 is 0 Å². The first-order valence-electron chi connectivity index (χ1n) is 8.47. The van der Waals surface area contributed by atoms with E-state index in [1.165, 1.54) is 13.2 Å².